The molecule has 5 rings (SSSR count). The molecule has 1 unspecified atom stereocenters. The molecular formula is C25H27NO5. The first-order chi connectivity index (χ1) is 15.3. The molecule has 0 N–H and O–H groups in total. The first-order valence-electron chi connectivity index (χ1n) is 11.1. The van der Waals surface area contributed by atoms with Gasteiger partial charge in [-0.25, -0.2) is 0 Å². The number of benzene rings is 2. The van der Waals surface area contributed by atoms with E-state index in [0.29, 0.717) is 26.4 Å². The third-order valence-electron chi connectivity index (χ3n) is 5.88. The van der Waals surface area contributed by atoms with Crippen molar-refractivity contribution in [3.05, 3.63) is 53.6 Å². The summed E-state index contributed by atoms with van der Waals surface area (Å²) in [6.45, 7) is 3.39. The highest BCUT2D eigenvalue weighted by Crippen LogP contribution is 2.38. The Labute approximate surface area is 182 Å². The molecule has 2 aromatic rings. The largest absolute Gasteiger partial charge is 0.490 e. The number of amides is 1. The fourth-order valence-corrected chi connectivity index (χ4v) is 4.31. The molecule has 0 radical (unpaired) electrons. The second-order valence-corrected chi connectivity index (χ2v) is 8.04. The average Bonchev–Trinajstić information content (AvgIpc) is 3.01. The van der Waals surface area contributed by atoms with Crippen LogP contribution in [-0.4, -0.2) is 43.8 Å². The molecule has 0 aliphatic carbocycles. The van der Waals surface area contributed by atoms with E-state index in [2.05, 4.69) is 6.07 Å². The standard InChI is InChI=1S/C25H27NO5/c27-25(10-6-18-5-8-21-23(16-18)30-14-2-12-28-21)26-11-1-4-20(26)19-7-9-22-24(17-19)31-15-3-13-29-22/h5-10,16-17,20H,1-4,11-15H2/b10-6+. The third-order valence-corrected chi connectivity index (χ3v) is 5.88. The smallest absolute Gasteiger partial charge is 0.247 e. The summed E-state index contributed by atoms with van der Waals surface area (Å²) in [5.41, 5.74) is 2.02. The first-order valence-corrected chi connectivity index (χ1v) is 11.1. The normalized spacial score (nSPS) is 20.4. The monoisotopic (exact) mass is 421 g/mol. The van der Waals surface area contributed by atoms with E-state index in [-0.39, 0.29) is 11.9 Å². The van der Waals surface area contributed by atoms with Gasteiger partial charge in [0.15, 0.2) is 23.0 Å². The van der Waals surface area contributed by atoms with Crippen LogP contribution in [0.5, 0.6) is 23.0 Å². The lowest BCUT2D eigenvalue weighted by Gasteiger charge is -2.24. The maximum atomic E-state index is 13.0. The Bertz CT molecular complexity index is 986. The lowest BCUT2D eigenvalue weighted by atomic mass is 10.0. The van der Waals surface area contributed by atoms with Crippen molar-refractivity contribution < 1.29 is 23.7 Å². The van der Waals surface area contributed by atoms with E-state index in [1.54, 1.807) is 6.08 Å². The number of carbonyl (C=O) groups excluding carboxylic acids is 1. The highest BCUT2D eigenvalue weighted by molar-refractivity contribution is 5.92. The Hall–Kier alpha value is -3.15. The Balaban J connectivity index is 1.31. The highest BCUT2D eigenvalue weighted by Gasteiger charge is 2.29. The number of rotatable bonds is 3. The molecule has 0 spiro atoms. The second kappa shape index (κ2) is 8.92. The van der Waals surface area contributed by atoms with Crippen LogP contribution >= 0.6 is 0 Å². The van der Waals surface area contributed by atoms with Crippen LogP contribution < -0.4 is 18.9 Å². The van der Waals surface area contributed by atoms with E-state index in [0.717, 1.165) is 66.4 Å². The Morgan fingerprint density at radius 3 is 2.19 bits per heavy atom. The molecule has 3 aliphatic rings. The minimum atomic E-state index is 0.0155. The summed E-state index contributed by atoms with van der Waals surface area (Å²) in [4.78, 5) is 15.0. The third kappa shape index (κ3) is 4.33. The van der Waals surface area contributed by atoms with E-state index in [1.807, 2.05) is 41.3 Å². The van der Waals surface area contributed by atoms with Crippen LogP contribution in [0.15, 0.2) is 42.5 Å². The zero-order valence-electron chi connectivity index (χ0n) is 17.5. The molecule has 3 heterocycles. The molecule has 1 amide bonds. The Kier molecular flexibility index (Phi) is 5.69. The predicted molar refractivity (Wildman–Crippen MR) is 117 cm³/mol. The molecule has 162 valence electrons. The van der Waals surface area contributed by atoms with Crippen molar-refractivity contribution in [2.24, 2.45) is 0 Å². The van der Waals surface area contributed by atoms with E-state index < -0.39 is 0 Å². The molecule has 31 heavy (non-hydrogen) atoms. The maximum Gasteiger partial charge on any atom is 0.247 e. The van der Waals surface area contributed by atoms with Gasteiger partial charge in [0.05, 0.1) is 32.5 Å². The Morgan fingerprint density at radius 2 is 1.45 bits per heavy atom. The van der Waals surface area contributed by atoms with E-state index in [4.69, 9.17) is 18.9 Å². The van der Waals surface area contributed by atoms with Gasteiger partial charge in [-0.15, -0.1) is 0 Å². The molecule has 3 aliphatic heterocycles. The molecule has 0 saturated carbocycles. The van der Waals surface area contributed by atoms with Gasteiger partial charge in [0.1, 0.15) is 0 Å². The lowest BCUT2D eigenvalue weighted by Crippen LogP contribution is -2.28. The molecule has 1 atom stereocenters. The zero-order valence-corrected chi connectivity index (χ0v) is 17.5. The average molecular weight is 421 g/mol. The number of likely N-dealkylation sites (tertiary alicyclic amines) is 1. The van der Waals surface area contributed by atoms with Gasteiger partial charge in [-0.05, 0) is 54.3 Å². The van der Waals surface area contributed by atoms with Gasteiger partial charge in [-0.2, -0.15) is 0 Å². The van der Waals surface area contributed by atoms with Crippen molar-refractivity contribution in [1.29, 1.82) is 0 Å². The molecule has 6 heteroatoms. The number of carbonyl (C=O) groups is 1. The summed E-state index contributed by atoms with van der Waals surface area (Å²) in [5, 5.41) is 0. The lowest BCUT2D eigenvalue weighted by molar-refractivity contribution is -0.126. The zero-order chi connectivity index (χ0) is 21.0. The van der Waals surface area contributed by atoms with Crippen molar-refractivity contribution in [2.75, 3.05) is 33.0 Å². The molecule has 0 bridgehead atoms. The summed E-state index contributed by atoms with van der Waals surface area (Å²) >= 11 is 0. The number of hydrogen-bond acceptors (Lipinski definition) is 5. The minimum Gasteiger partial charge on any atom is -0.490 e. The fourth-order valence-electron chi connectivity index (χ4n) is 4.31. The van der Waals surface area contributed by atoms with Crippen LogP contribution in [0.4, 0.5) is 0 Å². The second-order valence-electron chi connectivity index (χ2n) is 8.04. The van der Waals surface area contributed by atoms with Crippen molar-refractivity contribution in [3.63, 3.8) is 0 Å². The summed E-state index contributed by atoms with van der Waals surface area (Å²) in [7, 11) is 0. The van der Waals surface area contributed by atoms with Gasteiger partial charge in [-0.1, -0.05) is 12.1 Å². The van der Waals surface area contributed by atoms with Gasteiger partial charge in [0.25, 0.3) is 0 Å². The summed E-state index contributed by atoms with van der Waals surface area (Å²) in [6.07, 6.45) is 7.18. The maximum absolute atomic E-state index is 13.0. The molecule has 1 fully saturated rings. The van der Waals surface area contributed by atoms with E-state index in [9.17, 15) is 4.79 Å². The molecule has 2 aromatic carbocycles. The van der Waals surface area contributed by atoms with Gasteiger partial charge >= 0.3 is 0 Å². The summed E-state index contributed by atoms with van der Waals surface area (Å²) in [5.74, 6) is 3.07. The van der Waals surface area contributed by atoms with Crippen molar-refractivity contribution >= 4 is 12.0 Å². The van der Waals surface area contributed by atoms with Crippen molar-refractivity contribution in [2.45, 2.75) is 31.7 Å². The van der Waals surface area contributed by atoms with Crippen molar-refractivity contribution in [3.8, 4) is 23.0 Å². The number of nitrogens with zero attached hydrogens (tertiary/aromatic N) is 1. The van der Waals surface area contributed by atoms with Crippen LogP contribution in [0.3, 0.4) is 0 Å². The van der Waals surface area contributed by atoms with Gasteiger partial charge in [0, 0.05) is 25.5 Å². The molecular weight excluding hydrogens is 394 g/mol. The van der Waals surface area contributed by atoms with Gasteiger partial charge in [-0.3, -0.25) is 4.79 Å². The Morgan fingerprint density at radius 1 is 0.806 bits per heavy atom. The quantitative estimate of drug-likeness (QED) is 0.688. The van der Waals surface area contributed by atoms with Gasteiger partial charge in [0.2, 0.25) is 5.91 Å². The van der Waals surface area contributed by atoms with Crippen molar-refractivity contribution in [1.82, 2.24) is 4.90 Å². The summed E-state index contributed by atoms with van der Waals surface area (Å²) < 4.78 is 23.0. The van der Waals surface area contributed by atoms with Crippen LogP contribution in [0.2, 0.25) is 0 Å². The van der Waals surface area contributed by atoms with Crippen LogP contribution in [0.25, 0.3) is 6.08 Å². The number of fused-ring (bicyclic) bond motifs is 2. The molecule has 0 aromatic heterocycles. The fraction of sp³-hybridized carbons (Fsp3) is 0.400. The number of ether oxygens (including phenoxy) is 4. The van der Waals surface area contributed by atoms with Crippen LogP contribution in [-0.2, 0) is 4.79 Å². The predicted octanol–water partition coefficient (Wildman–Crippen LogP) is 4.39. The highest BCUT2D eigenvalue weighted by atomic mass is 16.5. The SMILES string of the molecule is O=C(/C=C/c1ccc2c(c1)OCCCO2)N1CCCC1c1ccc2c(c1)OCCCO2. The topological polar surface area (TPSA) is 57.2 Å². The number of hydrogen-bond donors (Lipinski definition) is 0. The van der Waals surface area contributed by atoms with E-state index >= 15 is 0 Å². The molecule has 6 nitrogen and oxygen atoms in total. The van der Waals surface area contributed by atoms with Crippen LogP contribution in [0.1, 0.15) is 42.9 Å². The summed E-state index contributed by atoms with van der Waals surface area (Å²) in [6, 6.07) is 11.9. The van der Waals surface area contributed by atoms with E-state index in [1.165, 1.54) is 0 Å². The van der Waals surface area contributed by atoms with Crippen LogP contribution in [0, 0.1) is 0 Å². The minimum absolute atomic E-state index is 0.0155. The van der Waals surface area contributed by atoms with Gasteiger partial charge < -0.3 is 23.8 Å². The molecule has 1 saturated heterocycles. The first kappa shape index (κ1) is 19.8.